The molecule has 0 amide bonds. The molecule has 0 saturated heterocycles. The molecule has 0 radical (unpaired) electrons. The minimum Gasteiger partial charge on any atom is -0.491 e. The van der Waals surface area contributed by atoms with E-state index in [9.17, 15) is 4.79 Å². The summed E-state index contributed by atoms with van der Waals surface area (Å²) < 4.78 is 13.9. The molecule has 2 aromatic heterocycles. The predicted octanol–water partition coefficient (Wildman–Crippen LogP) is 7.80. The van der Waals surface area contributed by atoms with Crippen molar-refractivity contribution in [2.75, 3.05) is 13.2 Å². The quantitative estimate of drug-likeness (QED) is 0.104. The highest BCUT2D eigenvalue weighted by molar-refractivity contribution is 7.21. The van der Waals surface area contributed by atoms with Crippen molar-refractivity contribution in [1.29, 1.82) is 0 Å². The zero-order valence-corrected chi connectivity index (χ0v) is 21.2. The standard InChI is InChI=1S/C29H28O3S2/c1-4-26(30)31-16-9-5-6-10-17-32-27-24-15-18-33-28(24)21(3)25-19-23(34-29(25)27)14-13-22-12-8-7-11-20(22)2/h4,7-8,11-12,15,18-19H,1,5-6,9-10,16-17H2,2-3H3. The number of ether oxygens (including phenoxy) is 2. The summed E-state index contributed by atoms with van der Waals surface area (Å²) in [4.78, 5) is 12.1. The molecule has 0 aliphatic rings. The smallest absolute Gasteiger partial charge is 0.330 e. The molecule has 0 spiro atoms. The van der Waals surface area contributed by atoms with E-state index in [1.807, 2.05) is 12.1 Å². The molecule has 0 aliphatic carbocycles. The fraction of sp³-hybridized carbons (Fsp3) is 0.276. The first-order chi connectivity index (χ1) is 16.6. The normalized spacial score (nSPS) is 10.8. The Kier molecular flexibility index (Phi) is 8.05. The molecule has 2 aromatic carbocycles. The zero-order valence-electron chi connectivity index (χ0n) is 19.6. The Bertz CT molecular complexity index is 1380. The lowest BCUT2D eigenvalue weighted by Gasteiger charge is -2.11. The van der Waals surface area contributed by atoms with Gasteiger partial charge in [0.2, 0.25) is 0 Å². The van der Waals surface area contributed by atoms with Crippen molar-refractivity contribution in [1.82, 2.24) is 0 Å². The summed E-state index contributed by atoms with van der Waals surface area (Å²) in [5.74, 6) is 7.33. The molecule has 0 bridgehead atoms. The number of esters is 1. The van der Waals surface area contributed by atoms with Gasteiger partial charge in [0.05, 0.1) is 22.8 Å². The Hall–Kier alpha value is -3.07. The van der Waals surface area contributed by atoms with E-state index in [1.54, 1.807) is 22.7 Å². The van der Waals surface area contributed by atoms with Gasteiger partial charge in [-0.15, -0.1) is 22.7 Å². The van der Waals surface area contributed by atoms with Gasteiger partial charge in [-0.1, -0.05) is 36.6 Å². The summed E-state index contributed by atoms with van der Waals surface area (Å²) in [6.45, 7) is 8.80. The first kappa shape index (κ1) is 24.1. The number of unbranched alkanes of at least 4 members (excludes halogenated alkanes) is 3. The minimum absolute atomic E-state index is 0.356. The van der Waals surface area contributed by atoms with Crippen LogP contribution < -0.4 is 4.74 Å². The predicted molar refractivity (Wildman–Crippen MR) is 144 cm³/mol. The van der Waals surface area contributed by atoms with E-state index in [0.717, 1.165) is 41.9 Å². The lowest BCUT2D eigenvalue weighted by atomic mass is 10.1. The Labute approximate surface area is 209 Å². The third-order valence-electron chi connectivity index (χ3n) is 5.75. The number of aryl methyl sites for hydroxylation is 2. The van der Waals surface area contributed by atoms with Gasteiger partial charge in [0.25, 0.3) is 0 Å². The third kappa shape index (κ3) is 5.52. The van der Waals surface area contributed by atoms with Gasteiger partial charge >= 0.3 is 5.97 Å². The maximum atomic E-state index is 11.1. The molecule has 2 heterocycles. The van der Waals surface area contributed by atoms with Crippen LogP contribution in [0.3, 0.4) is 0 Å². The average molecular weight is 489 g/mol. The molecule has 3 nitrogen and oxygen atoms in total. The monoisotopic (exact) mass is 488 g/mol. The van der Waals surface area contributed by atoms with Gasteiger partial charge in [-0.2, -0.15) is 0 Å². The molecule has 0 aliphatic heterocycles. The van der Waals surface area contributed by atoms with Crippen LogP contribution >= 0.6 is 22.7 Å². The summed E-state index contributed by atoms with van der Waals surface area (Å²) in [5, 5.41) is 4.55. The van der Waals surface area contributed by atoms with Crippen molar-refractivity contribution < 1.29 is 14.3 Å². The number of fused-ring (bicyclic) bond motifs is 2. The van der Waals surface area contributed by atoms with Gasteiger partial charge in [0.15, 0.2) is 0 Å². The van der Waals surface area contributed by atoms with Crippen LogP contribution in [-0.4, -0.2) is 19.2 Å². The van der Waals surface area contributed by atoms with Crippen LogP contribution in [0.25, 0.3) is 20.2 Å². The highest BCUT2D eigenvalue weighted by atomic mass is 32.1. The molecule has 4 rings (SSSR count). The van der Waals surface area contributed by atoms with Gasteiger partial charge in [-0.05, 0) is 74.2 Å². The lowest BCUT2D eigenvalue weighted by molar-refractivity contribution is -0.137. The Morgan fingerprint density at radius 3 is 2.59 bits per heavy atom. The maximum absolute atomic E-state index is 11.1. The Morgan fingerprint density at radius 1 is 1.00 bits per heavy atom. The second-order valence-corrected chi connectivity index (χ2v) is 10.1. The van der Waals surface area contributed by atoms with Crippen LogP contribution in [-0.2, 0) is 9.53 Å². The van der Waals surface area contributed by atoms with Gasteiger partial charge in [0, 0.05) is 27.1 Å². The average Bonchev–Trinajstić information content (AvgIpc) is 3.50. The summed E-state index contributed by atoms with van der Waals surface area (Å²) in [7, 11) is 0. The van der Waals surface area contributed by atoms with Crippen LogP contribution in [0.4, 0.5) is 0 Å². The first-order valence-electron chi connectivity index (χ1n) is 11.5. The number of hydrogen-bond acceptors (Lipinski definition) is 5. The largest absolute Gasteiger partial charge is 0.491 e. The molecule has 5 heteroatoms. The van der Waals surface area contributed by atoms with Crippen molar-refractivity contribution in [3.05, 3.63) is 76.0 Å². The second-order valence-electron chi connectivity index (χ2n) is 8.17. The minimum atomic E-state index is -0.356. The topological polar surface area (TPSA) is 35.5 Å². The van der Waals surface area contributed by atoms with E-state index < -0.39 is 0 Å². The van der Waals surface area contributed by atoms with Crippen LogP contribution in [0.5, 0.6) is 5.75 Å². The molecule has 0 N–H and O–H groups in total. The van der Waals surface area contributed by atoms with Crippen LogP contribution in [0.15, 0.2) is 54.4 Å². The number of benzene rings is 2. The highest BCUT2D eigenvalue weighted by Gasteiger charge is 2.16. The molecule has 4 aromatic rings. The fourth-order valence-corrected chi connectivity index (χ4v) is 5.87. The second kappa shape index (κ2) is 11.4. The van der Waals surface area contributed by atoms with Gasteiger partial charge in [-0.3, -0.25) is 0 Å². The van der Waals surface area contributed by atoms with Gasteiger partial charge in [0.1, 0.15) is 5.75 Å². The summed E-state index contributed by atoms with van der Waals surface area (Å²) in [6.07, 6.45) is 5.05. The maximum Gasteiger partial charge on any atom is 0.330 e. The van der Waals surface area contributed by atoms with Crippen LogP contribution in [0, 0.1) is 25.7 Å². The van der Waals surface area contributed by atoms with Crippen molar-refractivity contribution in [3.8, 4) is 17.6 Å². The van der Waals surface area contributed by atoms with E-state index >= 15 is 0 Å². The number of carbonyl (C=O) groups excluding carboxylic acids is 1. The molecule has 0 atom stereocenters. The molecule has 34 heavy (non-hydrogen) atoms. The van der Waals surface area contributed by atoms with E-state index in [0.29, 0.717) is 13.2 Å². The lowest BCUT2D eigenvalue weighted by Crippen LogP contribution is -2.02. The summed E-state index contributed by atoms with van der Waals surface area (Å²) >= 11 is 3.47. The van der Waals surface area contributed by atoms with Crippen LogP contribution in [0.2, 0.25) is 0 Å². The molecule has 0 unspecified atom stereocenters. The van der Waals surface area contributed by atoms with Crippen molar-refractivity contribution in [2.45, 2.75) is 39.5 Å². The SMILES string of the molecule is C=CC(=O)OCCCCCCOc1c2ccsc2c(C)c2cc(C#Cc3ccccc3C)sc12. The van der Waals surface area contributed by atoms with Crippen molar-refractivity contribution in [2.24, 2.45) is 0 Å². The Balaban J connectivity index is 1.48. The molecule has 174 valence electrons. The fourth-order valence-electron chi connectivity index (χ4n) is 3.87. The molecule has 0 fully saturated rings. The number of carbonyl (C=O) groups is 1. The van der Waals surface area contributed by atoms with E-state index in [4.69, 9.17) is 9.47 Å². The van der Waals surface area contributed by atoms with Crippen molar-refractivity contribution in [3.63, 3.8) is 0 Å². The number of hydrogen-bond donors (Lipinski definition) is 0. The zero-order chi connectivity index (χ0) is 23.9. The number of rotatable bonds is 9. The van der Waals surface area contributed by atoms with E-state index in [2.05, 4.69) is 61.9 Å². The summed E-state index contributed by atoms with van der Waals surface area (Å²) in [6, 6.07) is 12.6. The van der Waals surface area contributed by atoms with Crippen LogP contribution in [0.1, 0.15) is 47.3 Å². The third-order valence-corrected chi connectivity index (χ3v) is 7.84. The van der Waals surface area contributed by atoms with Gasteiger partial charge in [-0.25, -0.2) is 4.79 Å². The highest BCUT2D eigenvalue weighted by Crippen LogP contribution is 2.44. The molecule has 0 saturated carbocycles. The van der Waals surface area contributed by atoms with Gasteiger partial charge < -0.3 is 9.47 Å². The summed E-state index contributed by atoms with van der Waals surface area (Å²) in [5.41, 5.74) is 3.55. The number of thiophene rings is 2. The molecular weight excluding hydrogens is 460 g/mol. The van der Waals surface area contributed by atoms with E-state index in [-0.39, 0.29) is 5.97 Å². The molecular formula is C29H28O3S2. The Morgan fingerprint density at radius 2 is 1.79 bits per heavy atom. The van der Waals surface area contributed by atoms with E-state index in [1.165, 1.54) is 37.4 Å². The van der Waals surface area contributed by atoms with Crippen molar-refractivity contribution >= 4 is 48.8 Å². The first-order valence-corrected chi connectivity index (χ1v) is 13.2.